The zero-order chi connectivity index (χ0) is 13.1. The summed E-state index contributed by atoms with van der Waals surface area (Å²) >= 11 is 5.70. The van der Waals surface area contributed by atoms with Crippen molar-refractivity contribution in [3.05, 3.63) is 61.6 Å². The molecule has 0 aliphatic carbocycles. The van der Waals surface area contributed by atoms with Gasteiger partial charge in [0, 0.05) is 6.07 Å². The first kappa shape index (κ1) is 12.4. The average molecular weight is 267 g/mol. The van der Waals surface area contributed by atoms with Crippen molar-refractivity contribution in [3.8, 4) is 5.75 Å². The highest BCUT2D eigenvalue weighted by molar-refractivity contribution is 6.29. The minimum Gasteiger partial charge on any atom is -0.497 e. The summed E-state index contributed by atoms with van der Waals surface area (Å²) in [4.78, 5) is 22.9. The van der Waals surface area contributed by atoms with Crippen molar-refractivity contribution < 1.29 is 4.74 Å². The van der Waals surface area contributed by atoms with Gasteiger partial charge in [0.2, 0.25) is 5.43 Å². The van der Waals surface area contributed by atoms with E-state index in [2.05, 4.69) is 5.10 Å². The molecule has 0 amide bonds. The molecule has 0 saturated carbocycles. The summed E-state index contributed by atoms with van der Waals surface area (Å²) in [5.74, 6) is 0.727. The molecule has 0 aliphatic heterocycles. The van der Waals surface area contributed by atoms with Gasteiger partial charge in [0.25, 0.3) is 0 Å². The molecule has 2 rings (SSSR count). The summed E-state index contributed by atoms with van der Waals surface area (Å²) in [6, 6.07) is 8.25. The van der Waals surface area contributed by atoms with E-state index in [1.807, 2.05) is 12.1 Å². The summed E-state index contributed by atoms with van der Waals surface area (Å²) in [5, 5.41) is 2.76. The summed E-state index contributed by atoms with van der Waals surface area (Å²) in [6.45, 7) is 0.249. The number of nitrogens with one attached hydrogen (secondary N) is 1. The first-order chi connectivity index (χ1) is 8.60. The number of halogens is 1. The van der Waals surface area contributed by atoms with E-state index in [4.69, 9.17) is 16.3 Å². The van der Waals surface area contributed by atoms with Gasteiger partial charge in [-0.1, -0.05) is 23.7 Å². The Kier molecular flexibility index (Phi) is 3.53. The lowest BCUT2D eigenvalue weighted by molar-refractivity contribution is 0.414. The van der Waals surface area contributed by atoms with Gasteiger partial charge in [-0.25, -0.2) is 4.68 Å². The second-order valence-electron chi connectivity index (χ2n) is 3.71. The highest BCUT2D eigenvalue weighted by Gasteiger charge is 2.04. The predicted octanol–water partition coefficient (Wildman–Crippen LogP) is 1.25. The minimum atomic E-state index is -0.632. The Morgan fingerprint density at radius 1 is 1.28 bits per heavy atom. The van der Waals surface area contributed by atoms with Crippen LogP contribution in [0.4, 0.5) is 0 Å². The van der Waals surface area contributed by atoms with Crippen LogP contribution in [0.2, 0.25) is 5.15 Å². The largest absolute Gasteiger partial charge is 0.497 e. The molecule has 0 bridgehead atoms. The molecule has 0 radical (unpaired) electrons. The topological polar surface area (TPSA) is 64.1 Å². The monoisotopic (exact) mass is 266 g/mol. The van der Waals surface area contributed by atoms with Crippen molar-refractivity contribution in [2.75, 3.05) is 7.11 Å². The highest BCUT2D eigenvalue weighted by atomic mass is 35.5. The number of methoxy groups -OCH3 is 1. The molecular formula is C12H11ClN2O3. The van der Waals surface area contributed by atoms with Gasteiger partial charge in [0.15, 0.2) is 0 Å². The lowest BCUT2D eigenvalue weighted by Crippen LogP contribution is -2.35. The van der Waals surface area contributed by atoms with Crippen LogP contribution >= 0.6 is 11.6 Å². The molecule has 1 aromatic carbocycles. The quantitative estimate of drug-likeness (QED) is 0.851. The molecule has 0 atom stereocenters. The normalized spacial score (nSPS) is 10.3. The Labute approximate surface area is 108 Å². The highest BCUT2D eigenvalue weighted by Crippen LogP contribution is 2.11. The molecule has 1 aromatic heterocycles. The van der Waals surface area contributed by atoms with E-state index in [1.54, 1.807) is 19.2 Å². The fourth-order valence-electron chi connectivity index (χ4n) is 1.55. The van der Waals surface area contributed by atoms with E-state index in [1.165, 1.54) is 4.68 Å². The van der Waals surface area contributed by atoms with Crippen molar-refractivity contribution in [3.63, 3.8) is 0 Å². The molecule has 0 aliphatic rings. The number of benzene rings is 1. The molecule has 6 heteroatoms. The van der Waals surface area contributed by atoms with Crippen LogP contribution in [0.1, 0.15) is 5.56 Å². The van der Waals surface area contributed by atoms with E-state index in [9.17, 15) is 9.59 Å². The smallest absolute Gasteiger partial charge is 0.313 e. The maximum Gasteiger partial charge on any atom is 0.313 e. The standard InChI is InChI=1S/C12H11ClN2O3/c1-18-9-4-2-8(3-5-9)7-15-12(17)10(16)6-11(13)14-15/h2-6,14H,7H2,1H3. The molecule has 1 N–H and O–H groups in total. The molecule has 2 aromatic rings. The Morgan fingerprint density at radius 3 is 2.56 bits per heavy atom. The van der Waals surface area contributed by atoms with Crippen molar-refractivity contribution in [2.45, 2.75) is 6.54 Å². The van der Waals surface area contributed by atoms with Crippen LogP contribution in [0, 0.1) is 0 Å². The molecule has 5 nitrogen and oxygen atoms in total. The fourth-order valence-corrected chi connectivity index (χ4v) is 1.75. The molecule has 0 saturated heterocycles. The molecule has 0 spiro atoms. The molecular weight excluding hydrogens is 256 g/mol. The van der Waals surface area contributed by atoms with Crippen LogP contribution in [0.5, 0.6) is 5.75 Å². The average Bonchev–Trinajstić information content (AvgIpc) is 2.36. The fraction of sp³-hybridized carbons (Fsp3) is 0.167. The number of hydrogen-bond donors (Lipinski definition) is 1. The van der Waals surface area contributed by atoms with Gasteiger partial charge in [-0.15, -0.1) is 0 Å². The Morgan fingerprint density at radius 2 is 1.94 bits per heavy atom. The van der Waals surface area contributed by atoms with Gasteiger partial charge in [-0.2, -0.15) is 0 Å². The Balaban J connectivity index is 2.33. The summed E-state index contributed by atoms with van der Waals surface area (Å²) in [6.07, 6.45) is 0. The lowest BCUT2D eigenvalue weighted by Gasteiger charge is -2.07. The predicted molar refractivity (Wildman–Crippen MR) is 68.4 cm³/mol. The van der Waals surface area contributed by atoms with Crippen molar-refractivity contribution >= 4 is 11.6 Å². The van der Waals surface area contributed by atoms with E-state index < -0.39 is 11.0 Å². The number of rotatable bonds is 3. The summed E-state index contributed by atoms with van der Waals surface area (Å²) < 4.78 is 6.21. The molecule has 1 heterocycles. The van der Waals surface area contributed by atoms with Gasteiger partial charge in [-0.3, -0.25) is 14.7 Å². The zero-order valence-corrected chi connectivity index (χ0v) is 10.4. The molecule has 18 heavy (non-hydrogen) atoms. The first-order valence-corrected chi connectivity index (χ1v) is 5.60. The van der Waals surface area contributed by atoms with Crippen LogP contribution in [0.3, 0.4) is 0 Å². The first-order valence-electron chi connectivity index (χ1n) is 5.23. The molecule has 94 valence electrons. The van der Waals surface area contributed by atoms with Crippen molar-refractivity contribution in [1.82, 2.24) is 9.78 Å². The molecule has 0 fully saturated rings. The van der Waals surface area contributed by atoms with E-state index in [0.29, 0.717) is 0 Å². The van der Waals surface area contributed by atoms with Gasteiger partial charge in [0.05, 0.1) is 13.7 Å². The number of ether oxygens (including phenoxy) is 1. The van der Waals surface area contributed by atoms with Crippen LogP contribution in [-0.2, 0) is 6.54 Å². The van der Waals surface area contributed by atoms with Gasteiger partial charge in [-0.05, 0) is 17.7 Å². The van der Waals surface area contributed by atoms with Crippen molar-refractivity contribution in [2.24, 2.45) is 0 Å². The maximum absolute atomic E-state index is 11.6. The van der Waals surface area contributed by atoms with Crippen LogP contribution < -0.4 is 15.7 Å². The summed E-state index contributed by atoms with van der Waals surface area (Å²) in [5.41, 5.74) is -0.404. The summed E-state index contributed by atoms with van der Waals surface area (Å²) in [7, 11) is 1.58. The van der Waals surface area contributed by atoms with Crippen LogP contribution in [-0.4, -0.2) is 16.9 Å². The van der Waals surface area contributed by atoms with E-state index in [-0.39, 0.29) is 11.7 Å². The van der Waals surface area contributed by atoms with Crippen molar-refractivity contribution in [1.29, 1.82) is 0 Å². The van der Waals surface area contributed by atoms with Crippen LogP contribution in [0.15, 0.2) is 39.9 Å². The second kappa shape index (κ2) is 5.10. The van der Waals surface area contributed by atoms with Gasteiger partial charge in [0.1, 0.15) is 10.9 Å². The van der Waals surface area contributed by atoms with E-state index in [0.717, 1.165) is 17.4 Å². The number of H-pyrrole nitrogens is 1. The zero-order valence-electron chi connectivity index (χ0n) is 9.64. The SMILES string of the molecule is COc1ccc(Cn2[nH]c(Cl)cc(=O)c2=O)cc1. The third kappa shape index (κ3) is 2.62. The van der Waals surface area contributed by atoms with Crippen LogP contribution in [0.25, 0.3) is 0 Å². The van der Waals surface area contributed by atoms with E-state index >= 15 is 0 Å². The number of hydrogen-bond acceptors (Lipinski definition) is 3. The van der Waals surface area contributed by atoms with Gasteiger partial charge < -0.3 is 4.74 Å². The third-order valence-electron chi connectivity index (χ3n) is 2.46. The lowest BCUT2D eigenvalue weighted by atomic mass is 10.2. The molecule has 0 unspecified atom stereocenters. The second-order valence-corrected chi connectivity index (χ2v) is 4.11. The number of nitrogens with zero attached hydrogens (tertiary/aromatic N) is 1. The Bertz CT molecular complexity index is 658. The minimum absolute atomic E-state index is 0.133. The Hall–Kier alpha value is -2.01. The maximum atomic E-state index is 11.6. The number of aromatic nitrogens is 2. The third-order valence-corrected chi connectivity index (χ3v) is 2.65. The van der Waals surface area contributed by atoms with Gasteiger partial charge >= 0.3 is 5.56 Å². The number of aromatic amines is 1.